The van der Waals surface area contributed by atoms with E-state index in [0.29, 0.717) is 11.3 Å². The normalized spacial score (nSPS) is 13.3. The highest BCUT2D eigenvalue weighted by Gasteiger charge is 2.38. The molecule has 23 heavy (non-hydrogen) atoms. The monoisotopic (exact) mass is 338 g/mol. The van der Waals surface area contributed by atoms with Crippen molar-refractivity contribution >= 4 is 28.6 Å². The molecule has 0 aliphatic heterocycles. The third-order valence-electron chi connectivity index (χ3n) is 3.00. The van der Waals surface area contributed by atoms with E-state index in [4.69, 9.17) is 5.26 Å². The number of pyridine rings is 1. The Hall–Kier alpha value is -2.41. The van der Waals surface area contributed by atoms with Gasteiger partial charge in [-0.3, -0.25) is 4.40 Å². The molecular weight excluding hydrogens is 329 g/mol. The summed E-state index contributed by atoms with van der Waals surface area (Å²) in [6.07, 6.45) is -3.28. The molecule has 0 fully saturated rings. The van der Waals surface area contributed by atoms with Crippen LogP contribution in [0.1, 0.15) is 12.7 Å². The first-order valence-corrected chi connectivity index (χ1v) is 7.50. The number of fused-ring (bicyclic) bond motifs is 3. The molecule has 6 nitrogen and oxygen atoms in total. The first kappa shape index (κ1) is 15.5. The molecule has 0 spiro atoms. The number of nitriles is 1. The summed E-state index contributed by atoms with van der Waals surface area (Å²) < 4.78 is 40.3. The van der Waals surface area contributed by atoms with Crippen LogP contribution in [-0.4, -0.2) is 30.3 Å². The number of thioether (sulfide) groups is 1. The van der Waals surface area contributed by atoms with Gasteiger partial charge in [-0.2, -0.15) is 18.4 Å². The van der Waals surface area contributed by atoms with Crippen molar-refractivity contribution in [1.29, 1.82) is 5.26 Å². The van der Waals surface area contributed by atoms with Gasteiger partial charge in [-0.25, -0.2) is 9.97 Å². The molecule has 3 heterocycles. The quantitative estimate of drug-likeness (QED) is 0.683. The summed E-state index contributed by atoms with van der Waals surface area (Å²) in [6, 6.07) is 5.22. The Balaban J connectivity index is 2.25. The number of aromatic nitrogens is 5. The maximum Gasteiger partial charge on any atom is 0.452 e. The number of alkyl halides is 3. The van der Waals surface area contributed by atoms with Crippen LogP contribution in [0.15, 0.2) is 23.4 Å². The summed E-state index contributed by atoms with van der Waals surface area (Å²) in [7, 11) is 0. The SMILES string of the molecule is CC(C#N)CSc1nc2cccnc2n2c(C(F)(F)F)nnc12. The summed E-state index contributed by atoms with van der Waals surface area (Å²) in [5, 5.41) is 16.0. The van der Waals surface area contributed by atoms with E-state index >= 15 is 0 Å². The van der Waals surface area contributed by atoms with Crippen molar-refractivity contribution in [2.45, 2.75) is 18.1 Å². The lowest BCUT2D eigenvalue weighted by Gasteiger charge is -2.09. The maximum absolute atomic E-state index is 13.2. The lowest BCUT2D eigenvalue weighted by atomic mass is 10.3. The Kier molecular flexibility index (Phi) is 3.81. The van der Waals surface area contributed by atoms with Crippen LogP contribution in [0.25, 0.3) is 16.8 Å². The summed E-state index contributed by atoms with van der Waals surface area (Å²) in [6.45, 7) is 1.72. The zero-order valence-electron chi connectivity index (χ0n) is 11.7. The van der Waals surface area contributed by atoms with Crippen LogP contribution in [-0.2, 0) is 6.18 Å². The first-order chi connectivity index (χ1) is 10.9. The van der Waals surface area contributed by atoms with E-state index in [1.165, 1.54) is 18.0 Å². The van der Waals surface area contributed by atoms with Crippen LogP contribution in [0.2, 0.25) is 0 Å². The van der Waals surface area contributed by atoms with Gasteiger partial charge < -0.3 is 0 Å². The van der Waals surface area contributed by atoms with E-state index in [1.807, 2.05) is 0 Å². The topological polar surface area (TPSA) is 79.8 Å². The predicted octanol–water partition coefficient (Wildman–Crippen LogP) is 2.94. The number of hydrogen-bond donors (Lipinski definition) is 0. The lowest BCUT2D eigenvalue weighted by molar-refractivity contribution is -0.145. The van der Waals surface area contributed by atoms with Gasteiger partial charge in [0.25, 0.3) is 0 Å². The van der Waals surface area contributed by atoms with Crippen molar-refractivity contribution in [3.05, 3.63) is 24.2 Å². The molecule has 118 valence electrons. The average molecular weight is 338 g/mol. The predicted molar refractivity (Wildman–Crippen MR) is 76.6 cm³/mol. The summed E-state index contributed by atoms with van der Waals surface area (Å²) in [5.74, 6) is -1.02. The van der Waals surface area contributed by atoms with E-state index in [0.717, 1.165) is 4.40 Å². The second-order valence-electron chi connectivity index (χ2n) is 4.78. The molecule has 0 N–H and O–H groups in total. The molecule has 0 aliphatic rings. The molecule has 1 unspecified atom stereocenters. The van der Waals surface area contributed by atoms with Crippen molar-refractivity contribution < 1.29 is 13.2 Å². The Morgan fingerprint density at radius 2 is 2.13 bits per heavy atom. The zero-order chi connectivity index (χ0) is 16.6. The fourth-order valence-electron chi connectivity index (χ4n) is 1.95. The second-order valence-corrected chi connectivity index (χ2v) is 5.79. The molecule has 0 saturated carbocycles. The van der Waals surface area contributed by atoms with Gasteiger partial charge in [0.05, 0.1) is 12.0 Å². The number of halogens is 3. The molecular formula is C13H9F3N6S. The molecule has 0 radical (unpaired) electrons. The highest BCUT2D eigenvalue weighted by Crippen LogP contribution is 2.32. The van der Waals surface area contributed by atoms with E-state index < -0.39 is 12.0 Å². The summed E-state index contributed by atoms with van der Waals surface area (Å²) in [5.41, 5.74) is 0.327. The first-order valence-electron chi connectivity index (χ1n) is 6.51. The molecule has 3 aromatic heterocycles. The van der Waals surface area contributed by atoms with Gasteiger partial charge in [0.2, 0.25) is 5.82 Å². The fraction of sp³-hybridized carbons (Fsp3) is 0.308. The largest absolute Gasteiger partial charge is 0.452 e. The van der Waals surface area contributed by atoms with Crippen LogP contribution >= 0.6 is 11.8 Å². The van der Waals surface area contributed by atoms with E-state index in [9.17, 15) is 13.2 Å². The second kappa shape index (κ2) is 5.66. The number of nitrogens with zero attached hydrogens (tertiary/aromatic N) is 6. The third kappa shape index (κ3) is 2.79. The van der Waals surface area contributed by atoms with Crippen molar-refractivity contribution in [3.8, 4) is 6.07 Å². The van der Waals surface area contributed by atoms with E-state index in [-0.39, 0.29) is 22.2 Å². The molecule has 0 aromatic carbocycles. The molecule has 0 bridgehead atoms. The highest BCUT2D eigenvalue weighted by molar-refractivity contribution is 7.99. The molecule has 0 saturated heterocycles. The van der Waals surface area contributed by atoms with Crippen LogP contribution in [0.5, 0.6) is 0 Å². The number of rotatable bonds is 3. The Morgan fingerprint density at radius 1 is 1.35 bits per heavy atom. The van der Waals surface area contributed by atoms with Crippen LogP contribution < -0.4 is 0 Å². The van der Waals surface area contributed by atoms with Crippen LogP contribution in [0, 0.1) is 17.2 Å². The maximum atomic E-state index is 13.2. The standard InChI is InChI=1S/C13H9F3N6S/c1-7(5-17)6-23-11-10-20-21-12(13(14,15)16)22(10)9-8(19-11)3-2-4-18-9/h2-4,7H,6H2,1H3. The molecule has 3 aromatic rings. The van der Waals surface area contributed by atoms with E-state index in [2.05, 4.69) is 26.2 Å². The molecule has 1 atom stereocenters. The molecule has 10 heteroatoms. The summed E-state index contributed by atoms with van der Waals surface area (Å²) in [4.78, 5) is 8.27. The number of hydrogen-bond acceptors (Lipinski definition) is 6. The summed E-state index contributed by atoms with van der Waals surface area (Å²) >= 11 is 1.17. The van der Waals surface area contributed by atoms with Gasteiger partial charge in [-0.1, -0.05) is 0 Å². The Morgan fingerprint density at radius 3 is 2.83 bits per heavy atom. The minimum Gasteiger partial charge on any atom is -0.251 e. The molecule has 0 amide bonds. The van der Waals surface area contributed by atoms with Gasteiger partial charge in [-0.15, -0.1) is 22.0 Å². The van der Waals surface area contributed by atoms with Gasteiger partial charge in [-0.05, 0) is 19.1 Å². The van der Waals surface area contributed by atoms with Crippen molar-refractivity contribution in [2.75, 3.05) is 5.75 Å². The van der Waals surface area contributed by atoms with Gasteiger partial charge in [0.15, 0.2) is 11.3 Å². The minimum atomic E-state index is -4.66. The van der Waals surface area contributed by atoms with Gasteiger partial charge in [0.1, 0.15) is 10.5 Å². The van der Waals surface area contributed by atoms with Crippen LogP contribution in [0.4, 0.5) is 13.2 Å². The third-order valence-corrected chi connectivity index (χ3v) is 4.21. The van der Waals surface area contributed by atoms with E-state index in [1.54, 1.807) is 19.1 Å². The van der Waals surface area contributed by atoms with Crippen molar-refractivity contribution in [2.24, 2.45) is 5.92 Å². The minimum absolute atomic E-state index is 0.0151. The van der Waals surface area contributed by atoms with Crippen molar-refractivity contribution in [3.63, 3.8) is 0 Å². The smallest absolute Gasteiger partial charge is 0.251 e. The molecule has 3 rings (SSSR count). The Labute approximate surface area is 132 Å². The highest BCUT2D eigenvalue weighted by atomic mass is 32.2. The van der Waals surface area contributed by atoms with Gasteiger partial charge in [0, 0.05) is 11.9 Å². The van der Waals surface area contributed by atoms with Crippen LogP contribution in [0.3, 0.4) is 0 Å². The van der Waals surface area contributed by atoms with Crippen molar-refractivity contribution in [1.82, 2.24) is 24.6 Å². The zero-order valence-corrected chi connectivity index (χ0v) is 12.6. The fourth-order valence-corrected chi connectivity index (χ4v) is 2.86. The Bertz CT molecular complexity index is 914. The van der Waals surface area contributed by atoms with Gasteiger partial charge >= 0.3 is 6.18 Å². The molecule has 0 aliphatic carbocycles. The average Bonchev–Trinajstić information content (AvgIpc) is 2.97. The lowest BCUT2D eigenvalue weighted by Crippen LogP contribution is -2.12.